The van der Waals surface area contributed by atoms with Gasteiger partial charge in [-0.3, -0.25) is 0 Å². The van der Waals surface area contributed by atoms with Crippen molar-refractivity contribution in [2.75, 3.05) is 23.3 Å². The lowest BCUT2D eigenvalue weighted by Gasteiger charge is -2.31. The first-order chi connectivity index (χ1) is 10.2. The van der Waals surface area contributed by atoms with Gasteiger partial charge in [-0.2, -0.15) is 0 Å². The molecule has 0 saturated carbocycles. The van der Waals surface area contributed by atoms with Gasteiger partial charge >= 0.3 is 0 Å². The van der Waals surface area contributed by atoms with Crippen LogP contribution in [0.3, 0.4) is 0 Å². The molecular formula is C15H22N6. The monoisotopic (exact) mass is 286 g/mol. The summed E-state index contributed by atoms with van der Waals surface area (Å²) in [6.07, 6.45) is 5.56. The molecule has 0 aliphatic carbocycles. The van der Waals surface area contributed by atoms with E-state index < -0.39 is 0 Å². The second-order valence-corrected chi connectivity index (χ2v) is 5.60. The van der Waals surface area contributed by atoms with Gasteiger partial charge in [-0.1, -0.05) is 13.8 Å². The number of imidazole rings is 1. The molecule has 0 fully saturated rings. The van der Waals surface area contributed by atoms with Crippen molar-refractivity contribution in [1.29, 1.82) is 0 Å². The summed E-state index contributed by atoms with van der Waals surface area (Å²) in [5.41, 5.74) is 1.19. The smallest absolute Gasteiger partial charge is 0.138 e. The molecule has 0 spiro atoms. The number of aromatic nitrogens is 4. The van der Waals surface area contributed by atoms with E-state index in [2.05, 4.69) is 50.5 Å². The molecule has 3 heterocycles. The molecule has 0 aromatic carbocycles. The van der Waals surface area contributed by atoms with Crippen LogP contribution in [-0.2, 0) is 13.1 Å². The first kappa shape index (κ1) is 13.9. The van der Waals surface area contributed by atoms with Gasteiger partial charge in [0.25, 0.3) is 0 Å². The number of rotatable bonds is 4. The minimum Gasteiger partial charge on any atom is -0.370 e. The SMILES string of the molecule is CCNc1ncnc(N2CCn3ccnc3C2)c1C(C)C. The molecule has 0 bridgehead atoms. The third-order valence-corrected chi connectivity index (χ3v) is 3.83. The van der Waals surface area contributed by atoms with E-state index in [1.54, 1.807) is 6.33 Å². The van der Waals surface area contributed by atoms with Gasteiger partial charge in [0.05, 0.1) is 6.54 Å². The molecule has 0 amide bonds. The van der Waals surface area contributed by atoms with Crippen LogP contribution >= 0.6 is 0 Å². The molecule has 2 aromatic rings. The quantitative estimate of drug-likeness (QED) is 0.934. The lowest BCUT2D eigenvalue weighted by Crippen LogP contribution is -2.35. The molecule has 0 unspecified atom stereocenters. The Morgan fingerprint density at radius 3 is 2.86 bits per heavy atom. The standard InChI is InChI=1S/C15H22N6/c1-4-16-14-13(11(2)3)15(19-10-18-14)21-8-7-20-6-5-17-12(20)9-21/h5-6,10-11H,4,7-9H2,1-3H3,(H,16,18,19). The Bertz CT molecular complexity index is 618. The summed E-state index contributed by atoms with van der Waals surface area (Å²) in [4.78, 5) is 15.7. The Morgan fingerprint density at radius 2 is 2.10 bits per heavy atom. The number of fused-ring (bicyclic) bond motifs is 1. The largest absolute Gasteiger partial charge is 0.370 e. The van der Waals surface area contributed by atoms with Crippen LogP contribution in [0.5, 0.6) is 0 Å². The van der Waals surface area contributed by atoms with Crippen LogP contribution in [-0.4, -0.2) is 32.6 Å². The molecule has 21 heavy (non-hydrogen) atoms. The Balaban J connectivity index is 1.97. The van der Waals surface area contributed by atoms with Crippen LogP contribution in [0.15, 0.2) is 18.7 Å². The fourth-order valence-corrected chi connectivity index (χ4v) is 2.83. The number of nitrogens with one attached hydrogen (secondary N) is 1. The lowest BCUT2D eigenvalue weighted by molar-refractivity contribution is 0.553. The molecule has 2 aromatic heterocycles. The van der Waals surface area contributed by atoms with Gasteiger partial charge in [0, 0.05) is 37.6 Å². The molecule has 3 rings (SSSR count). The van der Waals surface area contributed by atoms with E-state index >= 15 is 0 Å². The summed E-state index contributed by atoms with van der Waals surface area (Å²) >= 11 is 0. The highest BCUT2D eigenvalue weighted by Gasteiger charge is 2.23. The van der Waals surface area contributed by atoms with Gasteiger partial charge < -0.3 is 14.8 Å². The molecule has 1 aliphatic heterocycles. The summed E-state index contributed by atoms with van der Waals surface area (Å²) in [6, 6.07) is 0. The first-order valence-electron chi connectivity index (χ1n) is 7.54. The van der Waals surface area contributed by atoms with Crippen molar-refractivity contribution >= 4 is 11.6 Å². The highest BCUT2D eigenvalue weighted by atomic mass is 15.3. The van der Waals surface area contributed by atoms with Gasteiger partial charge in [-0.05, 0) is 12.8 Å². The Hall–Kier alpha value is -2.11. The molecule has 6 heteroatoms. The molecule has 1 aliphatic rings. The van der Waals surface area contributed by atoms with Gasteiger partial charge in [0.15, 0.2) is 0 Å². The van der Waals surface area contributed by atoms with Crippen molar-refractivity contribution < 1.29 is 0 Å². The minimum atomic E-state index is 0.372. The second kappa shape index (κ2) is 5.71. The van der Waals surface area contributed by atoms with Crippen LogP contribution in [0, 0.1) is 0 Å². The van der Waals surface area contributed by atoms with Crippen molar-refractivity contribution in [1.82, 2.24) is 19.5 Å². The zero-order chi connectivity index (χ0) is 14.8. The van der Waals surface area contributed by atoms with Crippen molar-refractivity contribution in [3.63, 3.8) is 0 Å². The van der Waals surface area contributed by atoms with E-state index in [1.165, 1.54) is 5.56 Å². The van der Waals surface area contributed by atoms with Crippen molar-refractivity contribution in [3.8, 4) is 0 Å². The predicted molar refractivity (Wildman–Crippen MR) is 83.6 cm³/mol. The van der Waals surface area contributed by atoms with E-state index in [0.29, 0.717) is 5.92 Å². The average molecular weight is 286 g/mol. The maximum Gasteiger partial charge on any atom is 0.138 e. The molecule has 0 radical (unpaired) electrons. The zero-order valence-electron chi connectivity index (χ0n) is 12.9. The molecule has 0 saturated heterocycles. The van der Waals surface area contributed by atoms with E-state index in [1.807, 2.05) is 12.4 Å². The van der Waals surface area contributed by atoms with E-state index in [0.717, 1.165) is 43.6 Å². The van der Waals surface area contributed by atoms with Crippen LogP contribution in [0.2, 0.25) is 0 Å². The second-order valence-electron chi connectivity index (χ2n) is 5.60. The summed E-state index contributed by atoms with van der Waals surface area (Å²) in [5.74, 6) is 3.45. The summed E-state index contributed by atoms with van der Waals surface area (Å²) in [5, 5.41) is 3.35. The third-order valence-electron chi connectivity index (χ3n) is 3.83. The predicted octanol–water partition coefficient (Wildman–Crippen LogP) is 2.25. The van der Waals surface area contributed by atoms with E-state index in [9.17, 15) is 0 Å². The zero-order valence-corrected chi connectivity index (χ0v) is 12.9. The molecule has 6 nitrogen and oxygen atoms in total. The number of anilines is 2. The highest BCUT2D eigenvalue weighted by Crippen LogP contribution is 2.32. The summed E-state index contributed by atoms with van der Waals surface area (Å²) in [7, 11) is 0. The third kappa shape index (κ3) is 2.57. The van der Waals surface area contributed by atoms with Gasteiger partial charge in [0.2, 0.25) is 0 Å². The van der Waals surface area contributed by atoms with Crippen LogP contribution in [0.4, 0.5) is 11.6 Å². The van der Waals surface area contributed by atoms with Gasteiger partial charge in [0.1, 0.15) is 23.8 Å². The Kier molecular flexibility index (Phi) is 3.77. The van der Waals surface area contributed by atoms with Crippen molar-refractivity contribution in [3.05, 3.63) is 30.1 Å². The first-order valence-corrected chi connectivity index (χ1v) is 7.54. The van der Waals surface area contributed by atoms with Crippen LogP contribution in [0.1, 0.15) is 38.1 Å². The number of hydrogen-bond acceptors (Lipinski definition) is 5. The fraction of sp³-hybridized carbons (Fsp3) is 0.533. The molecule has 112 valence electrons. The van der Waals surface area contributed by atoms with Crippen LogP contribution < -0.4 is 10.2 Å². The number of nitrogens with zero attached hydrogens (tertiary/aromatic N) is 5. The lowest BCUT2D eigenvalue weighted by atomic mass is 10.0. The van der Waals surface area contributed by atoms with Crippen LogP contribution in [0.25, 0.3) is 0 Å². The summed E-state index contributed by atoms with van der Waals surface area (Å²) in [6.45, 7) is 10.0. The Labute approximate surface area is 125 Å². The molecule has 1 N–H and O–H groups in total. The highest BCUT2D eigenvalue weighted by molar-refractivity contribution is 5.60. The minimum absolute atomic E-state index is 0.372. The van der Waals surface area contributed by atoms with Crippen molar-refractivity contribution in [2.24, 2.45) is 0 Å². The average Bonchev–Trinajstić information content (AvgIpc) is 2.94. The van der Waals surface area contributed by atoms with Gasteiger partial charge in [-0.15, -0.1) is 0 Å². The maximum absolute atomic E-state index is 4.56. The number of hydrogen-bond donors (Lipinski definition) is 1. The Morgan fingerprint density at radius 1 is 1.24 bits per heavy atom. The maximum atomic E-state index is 4.56. The topological polar surface area (TPSA) is 58.9 Å². The van der Waals surface area contributed by atoms with E-state index in [-0.39, 0.29) is 0 Å². The summed E-state index contributed by atoms with van der Waals surface area (Å²) < 4.78 is 2.21. The molecule has 0 atom stereocenters. The van der Waals surface area contributed by atoms with E-state index in [4.69, 9.17) is 0 Å². The van der Waals surface area contributed by atoms with Crippen molar-refractivity contribution in [2.45, 2.75) is 39.8 Å². The normalized spacial score (nSPS) is 14.4. The van der Waals surface area contributed by atoms with Gasteiger partial charge in [-0.25, -0.2) is 15.0 Å². The molecular weight excluding hydrogens is 264 g/mol. The fourth-order valence-electron chi connectivity index (χ4n) is 2.83.